The van der Waals surface area contributed by atoms with Crippen LogP contribution in [0.2, 0.25) is 0 Å². The van der Waals surface area contributed by atoms with Gasteiger partial charge in [0.2, 0.25) is 5.95 Å². The number of rotatable bonds is 9. The minimum atomic E-state index is -2.76. The molecule has 6 atom stereocenters. The van der Waals surface area contributed by atoms with Crippen LogP contribution in [0.3, 0.4) is 0 Å². The number of nitrogens with one attached hydrogen (secondary N) is 1. The van der Waals surface area contributed by atoms with Crippen LogP contribution in [0.25, 0.3) is 11.2 Å². The smallest absolute Gasteiger partial charge is 0.280 e. The number of nitrogens with zero attached hydrogens (tertiary/aromatic N) is 4. The van der Waals surface area contributed by atoms with E-state index in [-0.39, 0.29) is 23.0 Å². The van der Waals surface area contributed by atoms with Crippen LogP contribution in [0.15, 0.2) is 16.1 Å². The van der Waals surface area contributed by atoms with E-state index >= 15 is 0 Å². The van der Waals surface area contributed by atoms with Gasteiger partial charge in [-0.25, -0.2) is 9.37 Å². The quantitative estimate of drug-likeness (QED) is 0.360. The Bertz CT molecular complexity index is 1160. The highest BCUT2D eigenvalue weighted by Crippen LogP contribution is 2.63. The van der Waals surface area contributed by atoms with Crippen molar-refractivity contribution in [2.45, 2.75) is 31.5 Å². The minimum absolute atomic E-state index is 0.0328. The summed E-state index contributed by atoms with van der Waals surface area (Å²) in [5, 5.41) is 0. The summed E-state index contributed by atoms with van der Waals surface area (Å²) < 4.78 is 22.3. The van der Waals surface area contributed by atoms with Crippen molar-refractivity contribution in [3.63, 3.8) is 0 Å². The summed E-state index contributed by atoms with van der Waals surface area (Å²) in [7, 11) is -6.40. The average Bonchev–Trinajstić information content (AvgIpc) is 3.22. The van der Waals surface area contributed by atoms with Crippen molar-refractivity contribution in [3.8, 4) is 0 Å². The maximum atomic E-state index is 14.9. The third kappa shape index (κ3) is 5.65. The molecule has 172 valence electrons. The molecule has 2 heterocycles. The standard InChI is InChI=1S/C17H29FN7O3P3/c1-29(2)10-31(4,24-27)28-30(3,20)6-5-11-7-12(18)13(8-11)25-9-21-14-15(25)22-17(19)23-16(14)26/h9,11-13,29H,1,3-8,10,20H2,2H3,(H3,19,22,23,26)/t11-,12-,13-,30?,31?/m1/s1. The molecular formula is C17H29FN7O3P3. The monoisotopic (exact) mass is 491 g/mol. The second-order valence-electron chi connectivity index (χ2n) is 8.29. The molecule has 1 aliphatic carbocycles. The topological polar surface area (TPSA) is 154 Å². The van der Waals surface area contributed by atoms with E-state index in [1.54, 1.807) is 4.57 Å². The Morgan fingerprint density at radius 3 is 2.84 bits per heavy atom. The maximum Gasteiger partial charge on any atom is 0.280 e. The van der Waals surface area contributed by atoms with Crippen LogP contribution in [0, 0.1) is 10.8 Å². The molecule has 0 amide bonds. The number of aromatic amines is 1. The van der Waals surface area contributed by atoms with E-state index in [1.807, 2.05) is 6.66 Å². The second-order valence-corrected chi connectivity index (χ2v) is 16.3. The molecule has 0 bridgehead atoms. The zero-order valence-electron chi connectivity index (χ0n) is 17.4. The van der Waals surface area contributed by atoms with Crippen LogP contribution in [-0.2, 0) is 4.31 Å². The molecule has 1 saturated carbocycles. The summed E-state index contributed by atoms with van der Waals surface area (Å²) in [5.41, 5.74) is 11.9. The van der Waals surface area contributed by atoms with Gasteiger partial charge in [0.25, 0.3) is 5.56 Å². The first-order valence-electron chi connectivity index (χ1n) is 9.73. The summed E-state index contributed by atoms with van der Waals surface area (Å²) in [6.45, 7) is 1.95. The van der Waals surface area contributed by atoms with Crippen molar-refractivity contribution < 1.29 is 8.70 Å². The number of H-pyrrole nitrogens is 1. The van der Waals surface area contributed by atoms with Crippen LogP contribution >= 0.6 is 22.1 Å². The number of halogens is 1. The number of aromatic nitrogens is 4. The van der Waals surface area contributed by atoms with Crippen LogP contribution in [0.4, 0.5) is 10.3 Å². The Hall–Kier alpha value is -1.50. The fraction of sp³-hybridized carbons (Fsp3) is 0.529. The molecule has 14 heteroatoms. The van der Waals surface area contributed by atoms with E-state index in [1.165, 1.54) is 6.33 Å². The number of nitrogens with two attached hydrogens (primary N) is 2. The molecule has 0 spiro atoms. The Labute approximate surface area is 180 Å². The van der Waals surface area contributed by atoms with Gasteiger partial charge in [-0.05, 0) is 36.8 Å². The van der Waals surface area contributed by atoms with Gasteiger partial charge < -0.3 is 14.6 Å². The lowest BCUT2D eigenvalue weighted by molar-refractivity contribution is 0.264. The molecule has 0 radical (unpaired) electrons. The normalized spacial score (nSPS) is 26.4. The number of alkyl halides is 1. The summed E-state index contributed by atoms with van der Waals surface area (Å²) in [6, 6.07) is -0.507. The maximum absolute atomic E-state index is 14.9. The number of anilines is 1. The number of nitrogen functional groups attached to an aromatic ring is 1. The molecule has 3 rings (SSSR count). The molecule has 0 saturated heterocycles. The number of fused-ring (bicyclic) bond motifs is 1. The van der Waals surface area contributed by atoms with E-state index < -0.39 is 39.8 Å². The van der Waals surface area contributed by atoms with Gasteiger partial charge in [0, 0.05) is 12.1 Å². The van der Waals surface area contributed by atoms with Gasteiger partial charge in [0.05, 0.1) is 19.6 Å². The SMILES string of the molecule is C=[PH](C)CP(=C)(N=O)OP(=C)(N)CC[C@@H]1C[C@@H](F)[C@H](n2cnc3c(=O)[nH]c(N)nc32)C1. The van der Waals surface area contributed by atoms with Crippen molar-refractivity contribution >= 4 is 58.1 Å². The largest absolute Gasteiger partial charge is 0.369 e. The third-order valence-corrected chi connectivity index (χ3v) is 13.2. The molecule has 2 aromatic heterocycles. The molecule has 10 nitrogen and oxygen atoms in total. The fourth-order valence-corrected chi connectivity index (χ4v) is 12.0. The Morgan fingerprint density at radius 2 is 2.19 bits per heavy atom. The summed E-state index contributed by atoms with van der Waals surface area (Å²) in [4.78, 5) is 37.0. The predicted molar refractivity (Wildman–Crippen MR) is 134 cm³/mol. The fourth-order valence-electron chi connectivity index (χ4n) is 4.01. The zero-order chi connectivity index (χ0) is 23.0. The van der Waals surface area contributed by atoms with Crippen molar-refractivity contribution in [2.75, 3.05) is 24.5 Å². The summed E-state index contributed by atoms with van der Waals surface area (Å²) in [6.07, 6.45) is 14.0. The zero-order valence-corrected chi connectivity index (χ0v) is 20.2. The van der Waals surface area contributed by atoms with Gasteiger partial charge in [-0.1, -0.05) is 12.6 Å². The molecule has 1 fully saturated rings. The number of hydrogen-bond acceptors (Lipinski definition) is 8. The van der Waals surface area contributed by atoms with Gasteiger partial charge in [0.1, 0.15) is 6.17 Å². The summed E-state index contributed by atoms with van der Waals surface area (Å²) in [5.74, 6) is 0.431. The minimum Gasteiger partial charge on any atom is -0.369 e. The van der Waals surface area contributed by atoms with E-state index in [4.69, 9.17) is 15.5 Å². The van der Waals surface area contributed by atoms with Gasteiger partial charge in [0.15, 0.2) is 18.4 Å². The van der Waals surface area contributed by atoms with Crippen LogP contribution < -0.4 is 16.8 Å². The lowest BCUT2D eigenvalue weighted by Gasteiger charge is -2.27. The van der Waals surface area contributed by atoms with E-state index in [0.29, 0.717) is 31.3 Å². The molecule has 31 heavy (non-hydrogen) atoms. The van der Waals surface area contributed by atoms with Crippen molar-refractivity contribution in [1.82, 2.24) is 19.5 Å². The molecule has 1 aliphatic rings. The molecule has 0 aromatic carbocycles. The predicted octanol–water partition coefficient (Wildman–Crippen LogP) is 2.92. The number of hydrogen-bond donors (Lipinski definition) is 3. The highest BCUT2D eigenvalue weighted by molar-refractivity contribution is 7.85. The highest BCUT2D eigenvalue weighted by atomic mass is 31.3. The molecular weight excluding hydrogens is 462 g/mol. The van der Waals surface area contributed by atoms with E-state index in [2.05, 4.69) is 38.8 Å². The highest BCUT2D eigenvalue weighted by Gasteiger charge is 2.37. The Morgan fingerprint density at radius 1 is 1.48 bits per heavy atom. The lowest BCUT2D eigenvalue weighted by atomic mass is 10.1. The lowest BCUT2D eigenvalue weighted by Crippen LogP contribution is -2.17. The van der Waals surface area contributed by atoms with Gasteiger partial charge >= 0.3 is 0 Å². The van der Waals surface area contributed by atoms with Crippen molar-refractivity contribution in [3.05, 3.63) is 21.6 Å². The van der Waals surface area contributed by atoms with Crippen molar-refractivity contribution in [1.29, 1.82) is 0 Å². The summed E-state index contributed by atoms with van der Waals surface area (Å²) >= 11 is 0. The molecule has 0 aliphatic heterocycles. The van der Waals surface area contributed by atoms with Crippen molar-refractivity contribution in [2.24, 2.45) is 16.4 Å². The number of nitroso groups, excluding NO2 is 1. The molecule has 2 aromatic rings. The average molecular weight is 491 g/mol. The second kappa shape index (κ2) is 9.16. The first-order valence-corrected chi connectivity index (χ1v) is 16.3. The van der Waals surface area contributed by atoms with Crippen LogP contribution in [0.5, 0.6) is 0 Å². The Balaban J connectivity index is 1.69. The third-order valence-electron chi connectivity index (χ3n) is 5.26. The molecule has 5 N–H and O–H groups in total. The van der Waals surface area contributed by atoms with E-state index in [0.717, 1.165) is 0 Å². The first-order chi connectivity index (χ1) is 14.4. The van der Waals surface area contributed by atoms with Gasteiger partial charge in [-0.2, -0.15) is 4.98 Å². The van der Waals surface area contributed by atoms with Crippen LogP contribution in [-0.4, -0.2) is 63.3 Å². The van der Waals surface area contributed by atoms with Gasteiger partial charge in [-0.3, -0.25) is 15.3 Å². The van der Waals surface area contributed by atoms with Crippen LogP contribution in [0.1, 0.15) is 25.3 Å². The number of imidazole rings is 1. The van der Waals surface area contributed by atoms with Gasteiger partial charge in [-0.15, -0.1) is 18.8 Å². The molecule has 3 unspecified atom stereocenters. The Kier molecular flexibility index (Phi) is 7.14. The van der Waals surface area contributed by atoms with E-state index in [9.17, 15) is 14.1 Å². The first kappa shape index (κ1) is 24.1.